The molecule has 0 saturated carbocycles. The monoisotopic (exact) mass is 173 g/mol. The van der Waals surface area contributed by atoms with Gasteiger partial charge < -0.3 is 15.2 Å². The highest BCUT2D eigenvalue weighted by atomic mass is 16.5. The third kappa shape index (κ3) is 7.08. The first-order valence-corrected chi connectivity index (χ1v) is 3.90. The van der Waals surface area contributed by atoms with E-state index in [0.29, 0.717) is 0 Å². The summed E-state index contributed by atoms with van der Waals surface area (Å²) in [6.45, 7) is 0.969. The Morgan fingerprint density at radius 1 is 1.58 bits per heavy atom. The van der Waals surface area contributed by atoms with Crippen molar-refractivity contribution in [1.29, 1.82) is 0 Å². The molecule has 0 radical (unpaired) electrons. The molecule has 0 bridgehead atoms. The topological polar surface area (TPSA) is 58.6 Å². The lowest BCUT2D eigenvalue weighted by Gasteiger charge is -1.97. The van der Waals surface area contributed by atoms with Gasteiger partial charge in [-0.1, -0.05) is 0 Å². The van der Waals surface area contributed by atoms with Crippen LogP contribution in [0.1, 0.15) is 12.8 Å². The van der Waals surface area contributed by atoms with E-state index in [2.05, 4.69) is 10.1 Å². The van der Waals surface area contributed by atoms with Gasteiger partial charge in [-0.05, 0) is 12.8 Å². The zero-order chi connectivity index (χ0) is 9.23. The van der Waals surface area contributed by atoms with Crippen molar-refractivity contribution in [3.63, 3.8) is 0 Å². The summed E-state index contributed by atoms with van der Waals surface area (Å²) in [7, 11) is 1.33. The number of hydrogen-bond donors (Lipinski definition) is 2. The van der Waals surface area contributed by atoms with E-state index in [0.717, 1.165) is 19.4 Å². The number of unbranched alkanes of at least 4 members (excludes halogenated alkanes) is 1. The second-order valence-corrected chi connectivity index (χ2v) is 2.24. The Bertz CT molecular complexity index is 145. The van der Waals surface area contributed by atoms with Crippen molar-refractivity contribution < 1.29 is 14.6 Å². The SMILES string of the molecule is COC(=O)/C=C/NCCCCO. The van der Waals surface area contributed by atoms with Gasteiger partial charge in [-0.2, -0.15) is 0 Å². The van der Waals surface area contributed by atoms with E-state index in [1.54, 1.807) is 6.20 Å². The number of methoxy groups -OCH3 is 1. The number of hydrogen-bond acceptors (Lipinski definition) is 4. The van der Waals surface area contributed by atoms with E-state index in [1.807, 2.05) is 0 Å². The summed E-state index contributed by atoms with van der Waals surface area (Å²) in [6, 6.07) is 0. The van der Waals surface area contributed by atoms with Gasteiger partial charge in [0.2, 0.25) is 0 Å². The molecule has 0 atom stereocenters. The first-order chi connectivity index (χ1) is 5.81. The van der Waals surface area contributed by atoms with Gasteiger partial charge in [0.05, 0.1) is 7.11 Å². The van der Waals surface area contributed by atoms with Crippen molar-refractivity contribution in [2.24, 2.45) is 0 Å². The maximum atomic E-state index is 10.5. The van der Waals surface area contributed by atoms with E-state index < -0.39 is 0 Å². The Kier molecular flexibility index (Phi) is 7.38. The van der Waals surface area contributed by atoms with Crippen LogP contribution in [0.4, 0.5) is 0 Å². The lowest BCUT2D eigenvalue weighted by molar-refractivity contribution is -0.134. The average molecular weight is 173 g/mol. The minimum Gasteiger partial charge on any atom is -0.466 e. The molecule has 0 aliphatic rings. The number of esters is 1. The van der Waals surface area contributed by atoms with Gasteiger partial charge in [0.1, 0.15) is 0 Å². The molecule has 0 saturated heterocycles. The van der Waals surface area contributed by atoms with E-state index in [9.17, 15) is 4.79 Å². The Labute approximate surface area is 72.2 Å². The van der Waals surface area contributed by atoms with Crippen molar-refractivity contribution in [2.45, 2.75) is 12.8 Å². The van der Waals surface area contributed by atoms with E-state index in [-0.39, 0.29) is 12.6 Å². The van der Waals surface area contributed by atoms with Gasteiger partial charge in [0.15, 0.2) is 0 Å². The number of ether oxygens (including phenoxy) is 1. The summed E-state index contributed by atoms with van der Waals surface area (Å²) in [6.07, 6.45) is 4.53. The zero-order valence-electron chi connectivity index (χ0n) is 7.25. The number of aliphatic hydroxyl groups excluding tert-OH is 1. The number of nitrogens with one attached hydrogen (secondary N) is 1. The van der Waals surface area contributed by atoms with Crippen molar-refractivity contribution >= 4 is 5.97 Å². The Balaban J connectivity index is 3.18. The fourth-order valence-electron chi connectivity index (χ4n) is 0.617. The van der Waals surface area contributed by atoms with Crippen molar-refractivity contribution in [3.8, 4) is 0 Å². The van der Waals surface area contributed by atoms with Crippen LogP contribution in [0.3, 0.4) is 0 Å². The highest BCUT2D eigenvalue weighted by molar-refractivity contribution is 5.81. The van der Waals surface area contributed by atoms with Crippen LogP contribution in [0.2, 0.25) is 0 Å². The fraction of sp³-hybridized carbons (Fsp3) is 0.625. The van der Waals surface area contributed by atoms with Crippen LogP contribution in [-0.2, 0) is 9.53 Å². The van der Waals surface area contributed by atoms with Crippen LogP contribution in [0.5, 0.6) is 0 Å². The molecule has 70 valence electrons. The molecule has 0 fully saturated rings. The highest BCUT2D eigenvalue weighted by Crippen LogP contribution is 1.83. The average Bonchev–Trinajstić information content (AvgIpc) is 2.10. The van der Waals surface area contributed by atoms with Crippen LogP contribution in [0.15, 0.2) is 12.3 Å². The summed E-state index contributed by atoms with van der Waals surface area (Å²) in [5, 5.41) is 11.3. The first kappa shape index (κ1) is 11.0. The molecule has 0 aromatic carbocycles. The normalized spacial score (nSPS) is 10.2. The van der Waals surface area contributed by atoms with Gasteiger partial charge in [-0.25, -0.2) is 4.79 Å². The Morgan fingerprint density at radius 2 is 2.33 bits per heavy atom. The van der Waals surface area contributed by atoms with E-state index >= 15 is 0 Å². The smallest absolute Gasteiger partial charge is 0.331 e. The van der Waals surface area contributed by atoms with Crippen molar-refractivity contribution in [1.82, 2.24) is 5.32 Å². The molecule has 0 amide bonds. The Morgan fingerprint density at radius 3 is 2.92 bits per heavy atom. The van der Waals surface area contributed by atoms with Gasteiger partial charge in [0.25, 0.3) is 0 Å². The van der Waals surface area contributed by atoms with Gasteiger partial charge in [-0.15, -0.1) is 0 Å². The van der Waals surface area contributed by atoms with Gasteiger partial charge in [-0.3, -0.25) is 0 Å². The largest absolute Gasteiger partial charge is 0.466 e. The second kappa shape index (κ2) is 8.07. The predicted octanol–water partition coefficient (Wildman–Crippen LogP) is 0.0352. The van der Waals surface area contributed by atoms with Gasteiger partial charge >= 0.3 is 5.97 Å². The molecule has 0 aromatic heterocycles. The molecule has 4 heteroatoms. The molecule has 0 heterocycles. The molecule has 0 aliphatic carbocycles. The first-order valence-electron chi connectivity index (χ1n) is 3.90. The second-order valence-electron chi connectivity index (χ2n) is 2.24. The van der Waals surface area contributed by atoms with Gasteiger partial charge in [0, 0.05) is 25.4 Å². The fourth-order valence-corrected chi connectivity index (χ4v) is 0.617. The summed E-state index contributed by atoms with van der Waals surface area (Å²) < 4.78 is 4.37. The molecule has 0 rings (SSSR count). The third-order valence-corrected chi connectivity index (χ3v) is 1.27. The molecular formula is C8H15NO3. The quantitative estimate of drug-likeness (QED) is 0.338. The van der Waals surface area contributed by atoms with Crippen LogP contribution in [0, 0.1) is 0 Å². The van der Waals surface area contributed by atoms with E-state index in [4.69, 9.17) is 5.11 Å². The van der Waals surface area contributed by atoms with E-state index in [1.165, 1.54) is 13.2 Å². The van der Waals surface area contributed by atoms with Crippen molar-refractivity contribution in [2.75, 3.05) is 20.3 Å². The molecule has 0 aliphatic heterocycles. The highest BCUT2D eigenvalue weighted by Gasteiger charge is 1.88. The molecule has 12 heavy (non-hydrogen) atoms. The maximum Gasteiger partial charge on any atom is 0.331 e. The van der Waals surface area contributed by atoms with Crippen LogP contribution >= 0.6 is 0 Å². The standard InChI is InChI=1S/C8H15NO3/c1-12-8(11)4-6-9-5-2-3-7-10/h4,6,9-10H,2-3,5,7H2,1H3/b6-4+. The van der Waals surface area contributed by atoms with Crippen molar-refractivity contribution in [3.05, 3.63) is 12.3 Å². The van der Waals surface area contributed by atoms with Crippen LogP contribution < -0.4 is 5.32 Å². The number of aliphatic hydroxyl groups is 1. The predicted molar refractivity (Wildman–Crippen MR) is 45.5 cm³/mol. The number of carbonyl (C=O) groups is 1. The lowest BCUT2D eigenvalue weighted by atomic mass is 10.3. The summed E-state index contributed by atoms with van der Waals surface area (Å²) in [5.41, 5.74) is 0. The lowest BCUT2D eigenvalue weighted by Crippen LogP contribution is -2.08. The summed E-state index contributed by atoms with van der Waals surface area (Å²) in [5.74, 6) is -0.371. The molecule has 0 unspecified atom stereocenters. The third-order valence-electron chi connectivity index (χ3n) is 1.27. The molecular weight excluding hydrogens is 158 g/mol. The number of rotatable bonds is 6. The zero-order valence-corrected chi connectivity index (χ0v) is 7.25. The molecule has 2 N–H and O–H groups in total. The summed E-state index contributed by atoms with van der Waals surface area (Å²) in [4.78, 5) is 10.5. The minimum absolute atomic E-state index is 0.211. The number of carbonyl (C=O) groups excluding carboxylic acids is 1. The molecule has 0 spiro atoms. The molecule has 4 nitrogen and oxygen atoms in total. The maximum absolute atomic E-state index is 10.5. The van der Waals surface area contributed by atoms with Crippen LogP contribution in [-0.4, -0.2) is 31.3 Å². The van der Waals surface area contributed by atoms with Crippen LogP contribution in [0.25, 0.3) is 0 Å². The Hall–Kier alpha value is -1.03. The summed E-state index contributed by atoms with van der Waals surface area (Å²) >= 11 is 0. The molecule has 0 aromatic rings. The minimum atomic E-state index is -0.371.